The minimum atomic E-state index is -4.53. The van der Waals surface area contributed by atoms with Crippen LogP contribution in [0.3, 0.4) is 0 Å². The van der Waals surface area contributed by atoms with Crippen molar-refractivity contribution >= 4 is 11.7 Å². The number of amides is 1. The van der Waals surface area contributed by atoms with Crippen LogP contribution < -0.4 is 5.32 Å². The summed E-state index contributed by atoms with van der Waals surface area (Å²) < 4.78 is 66.9. The lowest BCUT2D eigenvalue weighted by Gasteiger charge is -2.39. The Morgan fingerprint density at radius 1 is 1.14 bits per heavy atom. The molecule has 1 fully saturated rings. The maximum absolute atomic E-state index is 14.3. The Bertz CT molecular complexity index is 1190. The van der Waals surface area contributed by atoms with Crippen LogP contribution in [-0.4, -0.2) is 50.8 Å². The molecule has 3 aromatic heterocycles. The zero-order valence-corrected chi connectivity index (χ0v) is 18.7. The molecule has 0 saturated carbocycles. The van der Waals surface area contributed by atoms with E-state index < -0.39 is 42.5 Å². The monoisotopic (exact) mass is 491 g/mol. The summed E-state index contributed by atoms with van der Waals surface area (Å²) in [6, 6.07) is 8.01. The van der Waals surface area contributed by atoms with E-state index in [2.05, 4.69) is 20.3 Å². The van der Waals surface area contributed by atoms with Gasteiger partial charge in [-0.2, -0.15) is 13.2 Å². The van der Waals surface area contributed by atoms with E-state index in [4.69, 9.17) is 0 Å². The Morgan fingerprint density at radius 3 is 2.54 bits per heavy atom. The molecule has 1 saturated heterocycles. The highest BCUT2D eigenvalue weighted by molar-refractivity contribution is 5.99. The van der Waals surface area contributed by atoms with Crippen molar-refractivity contribution in [2.45, 2.75) is 37.9 Å². The molecular formula is C24H22F5N5O. The number of carbonyl (C=O) groups is 1. The number of nitrogens with one attached hydrogen (secondary N) is 1. The van der Waals surface area contributed by atoms with Crippen LogP contribution in [-0.2, 0) is 6.18 Å². The highest BCUT2D eigenvalue weighted by atomic mass is 19.4. The number of hydrogen-bond acceptors (Lipinski definition) is 5. The Labute approximate surface area is 198 Å². The molecule has 0 bridgehead atoms. The fourth-order valence-corrected chi connectivity index (χ4v) is 3.98. The Kier molecular flexibility index (Phi) is 6.68. The van der Waals surface area contributed by atoms with Gasteiger partial charge < -0.3 is 10.2 Å². The van der Waals surface area contributed by atoms with Gasteiger partial charge in [-0.15, -0.1) is 0 Å². The summed E-state index contributed by atoms with van der Waals surface area (Å²) in [5.41, 5.74) is 1.08. The third-order valence-corrected chi connectivity index (χ3v) is 5.79. The van der Waals surface area contributed by atoms with Gasteiger partial charge in [-0.1, -0.05) is 6.07 Å². The van der Waals surface area contributed by atoms with Crippen LogP contribution in [0.15, 0.2) is 55.0 Å². The third-order valence-electron chi connectivity index (χ3n) is 5.79. The van der Waals surface area contributed by atoms with Crippen molar-refractivity contribution in [3.05, 3.63) is 71.9 Å². The Hall–Kier alpha value is -3.63. The second-order valence-electron chi connectivity index (χ2n) is 8.36. The van der Waals surface area contributed by atoms with E-state index in [1.165, 1.54) is 4.90 Å². The largest absolute Gasteiger partial charge is 0.417 e. The molecule has 184 valence electrons. The highest BCUT2D eigenvalue weighted by Crippen LogP contribution is 2.34. The summed E-state index contributed by atoms with van der Waals surface area (Å²) in [6.07, 6.45) is -1.80. The molecular weight excluding hydrogens is 469 g/mol. The number of hydrogen-bond donors (Lipinski definition) is 1. The maximum atomic E-state index is 14.3. The second-order valence-corrected chi connectivity index (χ2v) is 8.36. The van der Waals surface area contributed by atoms with Crippen LogP contribution in [0.5, 0.6) is 0 Å². The standard InChI is InChI=1S/C24H22F5N5O/c1-15-2-4-19(16-6-9-30-10-7-16)21(33-15)22(35)34-11-8-23(25,26)12-18(34)14-32-20-5-3-17(13-31-20)24(27,28)29/h2-7,9-10,13,18H,8,11-12,14H2,1H3,(H,31,32). The first kappa shape index (κ1) is 24.5. The van der Waals surface area contributed by atoms with E-state index in [0.717, 1.165) is 12.1 Å². The van der Waals surface area contributed by atoms with Crippen molar-refractivity contribution in [1.82, 2.24) is 19.9 Å². The van der Waals surface area contributed by atoms with Gasteiger partial charge in [0.1, 0.15) is 11.5 Å². The van der Waals surface area contributed by atoms with Gasteiger partial charge in [-0.05, 0) is 42.8 Å². The number of carbonyl (C=O) groups excluding carboxylic acids is 1. The van der Waals surface area contributed by atoms with Crippen LogP contribution in [0.4, 0.5) is 27.8 Å². The molecule has 0 aliphatic carbocycles. The van der Waals surface area contributed by atoms with Gasteiger partial charge in [-0.3, -0.25) is 9.78 Å². The number of aryl methyl sites for hydroxylation is 1. The molecule has 6 nitrogen and oxygen atoms in total. The predicted molar refractivity (Wildman–Crippen MR) is 119 cm³/mol. The van der Waals surface area contributed by atoms with Crippen molar-refractivity contribution in [3.63, 3.8) is 0 Å². The molecule has 1 aliphatic heterocycles. The molecule has 35 heavy (non-hydrogen) atoms. The normalized spacial score (nSPS) is 17.8. The van der Waals surface area contributed by atoms with E-state index in [1.807, 2.05) is 0 Å². The third kappa shape index (κ3) is 5.72. The maximum Gasteiger partial charge on any atom is 0.417 e. The fraction of sp³-hybridized carbons (Fsp3) is 0.333. The number of rotatable bonds is 5. The molecule has 1 atom stereocenters. The first-order chi connectivity index (χ1) is 16.5. The average Bonchev–Trinajstić information content (AvgIpc) is 2.82. The number of likely N-dealkylation sites (tertiary alicyclic amines) is 1. The molecule has 1 amide bonds. The zero-order valence-electron chi connectivity index (χ0n) is 18.7. The van der Waals surface area contributed by atoms with Crippen molar-refractivity contribution in [2.24, 2.45) is 0 Å². The number of pyridine rings is 3. The van der Waals surface area contributed by atoms with Gasteiger partial charge in [0.05, 0.1) is 11.6 Å². The summed E-state index contributed by atoms with van der Waals surface area (Å²) in [7, 11) is 0. The van der Waals surface area contributed by atoms with Crippen LogP contribution in [0.2, 0.25) is 0 Å². The van der Waals surface area contributed by atoms with Gasteiger partial charge in [0.2, 0.25) is 0 Å². The van der Waals surface area contributed by atoms with Crippen molar-refractivity contribution < 1.29 is 26.7 Å². The molecule has 3 aromatic rings. The van der Waals surface area contributed by atoms with Gasteiger partial charge in [0, 0.05) is 55.8 Å². The van der Waals surface area contributed by atoms with Crippen LogP contribution >= 0.6 is 0 Å². The topological polar surface area (TPSA) is 71.0 Å². The van der Waals surface area contributed by atoms with E-state index in [9.17, 15) is 26.7 Å². The molecule has 1 unspecified atom stereocenters. The van der Waals surface area contributed by atoms with Gasteiger partial charge in [0.15, 0.2) is 0 Å². The molecule has 1 aliphatic rings. The summed E-state index contributed by atoms with van der Waals surface area (Å²) >= 11 is 0. The minimum absolute atomic E-state index is 0.0884. The molecule has 4 rings (SSSR count). The van der Waals surface area contributed by atoms with E-state index in [-0.39, 0.29) is 24.6 Å². The molecule has 11 heteroatoms. The van der Waals surface area contributed by atoms with Gasteiger partial charge in [0.25, 0.3) is 11.8 Å². The van der Waals surface area contributed by atoms with Crippen LogP contribution in [0.25, 0.3) is 11.1 Å². The van der Waals surface area contributed by atoms with Gasteiger partial charge >= 0.3 is 6.18 Å². The minimum Gasteiger partial charge on any atom is -0.368 e. The van der Waals surface area contributed by atoms with Crippen molar-refractivity contribution in [3.8, 4) is 11.1 Å². The van der Waals surface area contributed by atoms with Crippen LogP contribution in [0, 0.1) is 6.92 Å². The van der Waals surface area contributed by atoms with E-state index in [1.54, 1.807) is 43.6 Å². The fourth-order valence-electron chi connectivity index (χ4n) is 3.98. The first-order valence-corrected chi connectivity index (χ1v) is 10.9. The summed E-state index contributed by atoms with van der Waals surface area (Å²) in [5, 5.41) is 2.79. The van der Waals surface area contributed by atoms with Crippen molar-refractivity contribution in [1.29, 1.82) is 0 Å². The lowest BCUT2D eigenvalue weighted by atomic mass is 9.96. The Morgan fingerprint density at radius 2 is 1.89 bits per heavy atom. The predicted octanol–water partition coefficient (Wildman–Crippen LogP) is 5.22. The summed E-state index contributed by atoms with van der Waals surface area (Å²) in [4.78, 5) is 27.0. The number of aromatic nitrogens is 3. The highest BCUT2D eigenvalue weighted by Gasteiger charge is 2.42. The lowest BCUT2D eigenvalue weighted by molar-refractivity contribution is -0.137. The lowest BCUT2D eigenvalue weighted by Crippen LogP contribution is -2.52. The molecule has 4 heterocycles. The summed E-state index contributed by atoms with van der Waals surface area (Å²) in [5.74, 6) is -3.39. The van der Waals surface area contributed by atoms with E-state index >= 15 is 0 Å². The van der Waals surface area contributed by atoms with Crippen LogP contribution in [0.1, 0.15) is 34.6 Å². The first-order valence-electron chi connectivity index (χ1n) is 10.9. The Balaban J connectivity index is 1.58. The molecule has 0 radical (unpaired) electrons. The molecule has 0 aromatic carbocycles. The summed E-state index contributed by atoms with van der Waals surface area (Å²) in [6.45, 7) is 1.42. The smallest absolute Gasteiger partial charge is 0.368 e. The average molecular weight is 491 g/mol. The second kappa shape index (κ2) is 9.55. The van der Waals surface area contributed by atoms with Gasteiger partial charge in [-0.25, -0.2) is 18.7 Å². The number of anilines is 1. The van der Waals surface area contributed by atoms with E-state index in [0.29, 0.717) is 23.0 Å². The zero-order chi connectivity index (χ0) is 25.2. The SMILES string of the molecule is Cc1ccc(-c2ccncc2)c(C(=O)N2CCC(F)(F)CC2CNc2ccc(C(F)(F)F)cn2)n1. The van der Waals surface area contributed by atoms with Crippen molar-refractivity contribution in [2.75, 3.05) is 18.4 Å². The molecule has 0 spiro atoms. The number of nitrogens with zero attached hydrogens (tertiary/aromatic N) is 4. The number of alkyl halides is 5. The quantitative estimate of drug-likeness (QED) is 0.496. The number of halogens is 5. The molecule has 1 N–H and O–H groups in total. The number of piperidine rings is 1.